The number of ether oxygens (including phenoxy) is 1. The highest BCUT2D eigenvalue weighted by atomic mass is 19.1. The predicted molar refractivity (Wildman–Crippen MR) is 89.6 cm³/mol. The van der Waals surface area contributed by atoms with Gasteiger partial charge in [-0.05, 0) is 49.8 Å². The number of halogens is 1. The minimum atomic E-state index is -0.791. The first-order valence-corrected chi connectivity index (χ1v) is 8.86. The Kier molecular flexibility index (Phi) is 5.37. The summed E-state index contributed by atoms with van der Waals surface area (Å²) in [5.74, 6) is -1.78. The second-order valence-corrected chi connectivity index (χ2v) is 7.01. The van der Waals surface area contributed by atoms with Gasteiger partial charge < -0.3 is 14.7 Å². The Balaban J connectivity index is 1.58. The first-order valence-electron chi connectivity index (χ1n) is 8.86. The number of carbonyl (C=O) groups excluding carboxylic acids is 1. The van der Waals surface area contributed by atoms with Gasteiger partial charge >= 0.3 is 5.97 Å². The number of hydrogen-bond acceptors (Lipinski definition) is 3. The number of carboxylic acids is 1. The summed E-state index contributed by atoms with van der Waals surface area (Å²) in [5, 5.41) is 9.30. The molecule has 25 heavy (non-hydrogen) atoms. The predicted octanol–water partition coefficient (Wildman–Crippen LogP) is 2.66. The number of aliphatic carboxylic acids is 1. The third kappa shape index (κ3) is 3.84. The number of piperidine rings is 1. The van der Waals surface area contributed by atoms with Crippen LogP contribution in [0.15, 0.2) is 24.3 Å². The van der Waals surface area contributed by atoms with Crippen molar-refractivity contribution in [2.75, 3.05) is 19.7 Å². The zero-order chi connectivity index (χ0) is 18.0. The molecule has 2 aliphatic heterocycles. The van der Waals surface area contributed by atoms with E-state index in [2.05, 4.69) is 0 Å². The zero-order valence-electron chi connectivity index (χ0n) is 14.4. The van der Waals surface area contributed by atoms with Gasteiger partial charge in [0.1, 0.15) is 5.82 Å². The minimum Gasteiger partial charge on any atom is -0.481 e. The van der Waals surface area contributed by atoms with E-state index in [0.29, 0.717) is 31.7 Å². The van der Waals surface area contributed by atoms with Crippen LogP contribution in [-0.2, 0) is 14.3 Å². The Bertz CT molecular complexity index is 642. The van der Waals surface area contributed by atoms with Crippen molar-refractivity contribution in [3.8, 4) is 0 Å². The van der Waals surface area contributed by atoms with E-state index in [1.807, 2.05) is 0 Å². The standard InChI is InChI=1S/C19H24FNO4/c1-12(14-3-2-4-15(20)11-14)18(22)21-8-5-13(6-9-21)17-16(19(23)24)7-10-25-17/h2-4,11-13,16-17H,5-10H2,1H3,(H,23,24)/t12-,16+,17+/m1/s1. The van der Waals surface area contributed by atoms with E-state index in [1.165, 1.54) is 12.1 Å². The molecule has 5 nitrogen and oxygen atoms in total. The highest BCUT2D eigenvalue weighted by Gasteiger charge is 2.41. The normalized spacial score (nSPS) is 25.8. The molecule has 2 heterocycles. The molecule has 3 atom stereocenters. The summed E-state index contributed by atoms with van der Waals surface area (Å²) in [6.07, 6.45) is 1.82. The maximum atomic E-state index is 13.4. The maximum Gasteiger partial charge on any atom is 0.309 e. The van der Waals surface area contributed by atoms with Gasteiger partial charge in [-0.25, -0.2) is 4.39 Å². The lowest BCUT2D eigenvalue weighted by molar-refractivity contribution is -0.146. The van der Waals surface area contributed by atoms with E-state index >= 15 is 0 Å². The quantitative estimate of drug-likeness (QED) is 0.907. The molecular formula is C19H24FNO4. The van der Waals surface area contributed by atoms with E-state index in [-0.39, 0.29) is 29.7 Å². The van der Waals surface area contributed by atoms with Crippen LogP contribution in [0, 0.1) is 17.7 Å². The first kappa shape index (κ1) is 17.9. The zero-order valence-corrected chi connectivity index (χ0v) is 14.4. The molecule has 0 radical (unpaired) electrons. The number of likely N-dealkylation sites (tertiary alicyclic amines) is 1. The number of hydrogen-bond donors (Lipinski definition) is 1. The molecule has 0 aromatic heterocycles. The van der Waals surface area contributed by atoms with Gasteiger partial charge in [0.05, 0.1) is 17.9 Å². The van der Waals surface area contributed by atoms with Crippen LogP contribution in [0.5, 0.6) is 0 Å². The Hall–Kier alpha value is -1.95. The summed E-state index contributed by atoms with van der Waals surface area (Å²) >= 11 is 0. The van der Waals surface area contributed by atoms with Crippen molar-refractivity contribution >= 4 is 11.9 Å². The number of nitrogens with zero attached hydrogens (tertiary/aromatic N) is 1. The van der Waals surface area contributed by atoms with Gasteiger partial charge in [-0.15, -0.1) is 0 Å². The second kappa shape index (κ2) is 7.52. The van der Waals surface area contributed by atoms with E-state index in [1.54, 1.807) is 24.0 Å². The van der Waals surface area contributed by atoms with Gasteiger partial charge in [0.2, 0.25) is 5.91 Å². The van der Waals surface area contributed by atoms with Gasteiger partial charge in [-0.3, -0.25) is 9.59 Å². The maximum absolute atomic E-state index is 13.4. The summed E-state index contributed by atoms with van der Waals surface area (Å²) < 4.78 is 19.0. The third-order valence-corrected chi connectivity index (χ3v) is 5.49. The molecule has 3 rings (SSSR count). The fraction of sp³-hybridized carbons (Fsp3) is 0.579. The molecule has 6 heteroatoms. The van der Waals surface area contributed by atoms with Crippen LogP contribution >= 0.6 is 0 Å². The Labute approximate surface area is 146 Å². The summed E-state index contributed by atoms with van der Waals surface area (Å²) in [7, 11) is 0. The van der Waals surface area contributed by atoms with Crippen molar-refractivity contribution in [2.45, 2.75) is 38.2 Å². The lowest BCUT2D eigenvalue weighted by Crippen LogP contribution is -2.44. The lowest BCUT2D eigenvalue weighted by atomic mass is 9.84. The highest BCUT2D eigenvalue weighted by molar-refractivity contribution is 5.83. The van der Waals surface area contributed by atoms with Crippen LogP contribution in [0.25, 0.3) is 0 Å². The van der Waals surface area contributed by atoms with Crippen LogP contribution in [0.2, 0.25) is 0 Å². The van der Waals surface area contributed by atoms with E-state index in [0.717, 1.165) is 12.8 Å². The van der Waals surface area contributed by atoms with Gasteiger partial charge in [0, 0.05) is 19.7 Å². The van der Waals surface area contributed by atoms with E-state index < -0.39 is 11.9 Å². The van der Waals surface area contributed by atoms with Gasteiger partial charge in [-0.1, -0.05) is 12.1 Å². The van der Waals surface area contributed by atoms with Crippen molar-refractivity contribution in [2.24, 2.45) is 11.8 Å². The molecule has 0 saturated carbocycles. The summed E-state index contributed by atoms with van der Waals surface area (Å²) in [5.41, 5.74) is 0.678. The molecule has 2 saturated heterocycles. The summed E-state index contributed by atoms with van der Waals surface area (Å²) in [4.78, 5) is 25.8. The van der Waals surface area contributed by atoms with Crippen molar-refractivity contribution in [1.29, 1.82) is 0 Å². The van der Waals surface area contributed by atoms with Gasteiger partial charge in [0.15, 0.2) is 0 Å². The van der Waals surface area contributed by atoms with Crippen LogP contribution in [-0.4, -0.2) is 47.7 Å². The van der Waals surface area contributed by atoms with Crippen molar-refractivity contribution in [3.63, 3.8) is 0 Å². The molecule has 2 fully saturated rings. The molecule has 1 aromatic rings. The van der Waals surface area contributed by atoms with E-state index in [9.17, 15) is 19.1 Å². The van der Waals surface area contributed by atoms with Crippen LogP contribution in [0.1, 0.15) is 37.7 Å². The van der Waals surface area contributed by atoms with Crippen LogP contribution in [0.3, 0.4) is 0 Å². The number of carbonyl (C=O) groups is 2. The SMILES string of the molecule is C[C@@H](C(=O)N1CCC([C@@H]2OCC[C@@H]2C(=O)O)CC1)c1cccc(F)c1. The fourth-order valence-electron chi connectivity index (χ4n) is 3.98. The number of rotatable bonds is 4. The molecular weight excluding hydrogens is 325 g/mol. The van der Waals surface area contributed by atoms with Gasteiger partial charge in [0.25, 0.3) is 0 Å². The molecule has 0 bridgehead atoms. The smallest absolute Gasteiger partial charge is 0.309 e. The fourth-order valence-corrected chi connectivity index (χ4v) is 3.98. The largest absolute Gasteiger partial charge is 0.481 e. The highest BCUT2D eigenvalue weighted by Crippen LogP contribution is 2.34. The summed E-state index contributed by atoms with van der Waals surface area (Å²) in [6, 6.07) is 6.15. The first-order chi connectivity index (χ1) is 12.0. The Morgan fingerprint density at radius 2 is 2.00 bits per heavy atom. The molecule has 2 aliphatic rings. The summed E-state index contributed by atoms with van der Waals surface area (Å²) in [6.45, 7) is 3.48. The third-order valence-electron chi connectivity index (χ3n) is 5.49. The monoisotopic (exact) mass is 349 g/mol. The van der Waals surface area contributed by atoms with Crippen LogP contribution in [0.4, 0.5) is 4.39 Å². The molecule has 0 aliphatic carbocycles. The molecule has 1 amide bonds. The number of benzene rings is 1. The Morgan fingerprint density at radius 3 is 2.64 bits per heavy atom. The molecule has 1 aromatic carbocycles. The average Bonchev–Trinajstić information content (AvgIpc) is 3.10. The van der Waals surface area contributed by atoms with Crippen molar-refractivity contribution in [1.82, 2.24) is 4.90 Å². The molecule has 0 spiro atoms. The number of amides is 1. The van der Waals surface area contributed by atoms with E-state index in [4.69, 9.17) is 4.74 Å². The van der Waals surface area contributed by atoms with Crippen LogP contribution < -0.4 is 0 Å². The molecule has 0 unspecified atom stereocenters. The average molecular weight is 349 g/mol. The molecule has 136 valence electrons. The minimum absolute atomic E-state index is 0.00817. The van der Waals surface area contributed by atoms with Crippen molar-refractivity contribution in [3.05, 3.63) is 35.6 Å². The topological polar surface area (TPSA) is 66.8 Å². The Morgan fingerprint density at radius 1 is 1.28 bits per heavy atom. The number of carboxylic acid groups (broad SMARTS) is 1. The van der Waals surface area contributed by atoms with Gasteiger partial charge in [-0.2, -0.15) is 0 Å². The lowest BCUT2D eigenvalue weighted by Gasteiger charge is -2.36. The van der Waals surface area contributed by atoms with Crippen molar-refractivity contribution < 1.29 is 23.8 Å². The second-order valence-electron chi connectivity index (χ2n) is 7.01. The molecule has 1 N–H and O–H groups in total.